The van der Waals surface area contributed by atoms with Crippen molar-refractivity contribution in [3.63, 3.8) is 0 Å². The fraction of sp³-hybridized carbons (Fsp3) is 0. The van der Waals surface area contributed by atoms with Gasteiger partial charge in [-0.2, -0.15) is 0 Å². The van der Waals surface area contributed by atoms with E-state index >= 15 is 0 Å². The van der Waals surface area contributed by atoms with E-state index in [1.807, 2.05) is 94.1 Å². The number of aromatic nitrogens is 4. The second-order valence-corrected chi connectivity index (χ2v) is 13.3. The molecule has 8 aromatic carbocycles. The smallest absolute Gasteiger partial charge is 0.0645 e. The van der Waals surface area contributed by atoms with E-state index in [0.717, 1.165) is 55.0 Å². The summed E-state index contributed by atoms with van der Waals surface area (Å²) < 4.78 is 64.2. The van der Waals surface area contributed by atoms with Crippen LogP contribution in [-0.4, -0.2) is 18.3 Å². The summed E-state index contributed by atoms with van der Waals surface area (Å²) in [7, 11) is 0. The highest BCUT2D eigenvalue weighted by molar-refractivity contribution is 6.25. The van der Waals surface area contributed by atoms with Crippen LogP contribution in [0.4, 0.5) is 0 Å². The van der Waals surface area contributed by atoms with Crippen molar-refractivity contribution in [1.29, 1.82) is 0 Å². The van der Waals surface area contributed by atoms with Crippen LogP contribution in [0.25, 0.3) is 99.2 Å². The predicted octanol–water partition coefficient (Wildman–Crippen LogP) is 12.4. The Morgan fingerprint density at radius 2 is 0.635 bits per heavy atom. The van der Waals surface area contributed by atoms with Gasteiger partial charge in [-0.3, -0.25) is 0 Å². The fourth-order valence-corrected chi connectivity index (χ4v) is 8.56. The molecule has 12 aromatic rings. The van der Waals surface area contributed by atoms with E-state index < -0.39 is 0 Å². The number of rotatable bonds is 4. The zero-order valence-corrected chi connectivity index (χ0v) is 27.6. The summed E-state index contributed by atoms with van der Waals surface area (Å²) in [5.41, 5.74) is 8.68. The van der Waals surface area contributed by atoms with Crippen molar-refractivity contribution in [3.05, 3.63) is 182 Å². The van der Waals surface area contributed by atoms with Gasteiger partial charge >= 0.3 is 0 Å². The standard InChI is InChI=1S/C48H30N4/c1-3-13-31(14-4-1)49-39-19-9-7-17-35(39)37-27-25-33(29-45(37)49)51-41-21-11-23-43-47(41)48-42(51)22-12-24-44(48)52(43)34-26-28-38-36-18-8-10-20-40(36)50(46(38)30-34)32-15-5-2-6-16-32/h1-30H/i11D,12D,21D,22D,23D,24D. The van der Waals surface area contributed by atoms with Crippen molar-refractivity contribution < 1.29 is 8.22 Å². The van der Waals surface area contributed by atoms with E-state index in [9.17, 15) is 8.22 Å². The Hall–Kier alpha value is -7.04. The highest BCUT2D eigenvalue weighted by atomic mass is 15.0. The lowest BCUT2D eigenvalue weighted by atomic mass is 10.1. The van der Waals surface area contributed by atoms with E-state index in [2.05, 4.69) is 69.8 Å². The number of hydrogen-bond acceptors (Lipinski definition) is 0. The zero-order chi connectivity index (χ0) is 39.1. The second kappa shape index (κ2) is 10.3. The van der Waals surface area contributed by atoms with Gasteiger partial charge in [-0.05, 0) is 84.8 Å². The Balaban J connectivity index is 1.21. The molecule has 0 aliphatic carbocycles. The molecule has 0 aliphatic heterocycles. The van der Waals surface area contributed by atoms with Gasteiger partial charge in [-0.15, -0.1) is 0 Å². The van der Waals surface area contributed by atoms with E-state index in [0.29, 0.717) is 44.2 Å². The van der Waals surface area contributed by atoms with Crippen molar-refractivity contribution in [2.45, 2.75) is 0 Å². The fourth-order valence-electron chi connectivity index (χ4n) is 8.56. The van der Waals surface area contributed by atoms with Crippen molar-refractivity contribution in [3.8, 4) is 22.7 Å². The summed E-state index contributed by atoms with van der Waals surface area (Å²) in [5.74, 6) is 0. The summed E-state index contributed by atoms with van der Waals surface area (Å²) in [5, 5.41) is 5.31. The first-order valence-corrected chi connectivity index (χ1v) is 17.4. The molecule has 52 heavy (non-hydrogen) atoms. The number of benzene rings is 8. The minimum atomic E-state index is -0.252. The van der Waals surface area contributed by atoms with Crippen LogP contribution < -0.4 is 0 Å². The Labute approximate surface area is 307 Å². The molecule has 4 heterocycles. The summed E-state index contributed by atoms with van der Waals surface area (Å²) >= 11 is 0. The van der Waals surface area contributed by atoms with Crippen LogP contribution in [0.1, 0.15) is 8.22 Å². The number of nitrogens with zero attached hydrogens (tertiary/aromatic N) is 4. The van der Waals surface area contributed by atoms with Crippen LogP contribution in [0.2, 0.25) is 0 Å². The first kappa shape index (κ1) is 22.6. The van der Waals surface area contributed by atoms with Crippen LogP contribution in [0, 0.1) is 0 Å². The first-order chi connectivity index (χ1) is 28.3. The van der Waals surface area contributed by atoms with Crippen LogP contribution >= 0.6 is 0 Å². The van der Waals surface area contributed by atoms with Gasteiger partial charge in [-0.25, -0.2) is 0 Å². The van der Waals surface area contributed by atoms with Gasteiger partial charge in [0, 0.05) is 55.1 Å². The second-order valence-electron chi connectivity index (χ2n) is 13.3. The number of para-hydroxylation sites is 4. The quantitative estimate of drug-likeness (QED) is 0.178. The molecule has 0 spiro atoms. The Morgan fingerprint density at radius 1 is 0.288 bits per heavy atom. The normalized spacial score (nSPS) is 13.8. The summed E-state index contributed by atoms with van der Waals surface area (Å²) in [6.45, 7) is 0. The van der Waals surface area contributed by atoms with Gasteiger partial charge < -0.3 is 18.3 Å². The molecule has 4 heteroatoms. The minimum absolute atomic E-state index is 0.145. The van der Waals surface area contributed by atoms with Crippen LogP contribution in [0.3, 0.4) is 0 Å². The van der Waals surface area contributed by atoms with Gasteiger partial charge in [-0.1, -0.05) is 97.0 Å². The molecule has 12 rings (SSSR count). The Bertz CT molecular complexity index is 3370. The molecule has 242 valence electrons. The van der Waals surface area contributed by atoms with Crippen molar-refractivity contribution in [2.75, 3.05) is 0 Å². The van der Waals surface area contributed by atoms with Gasteiger partial charge in [0.2, 0.25) is 0 Å². The largest absolute Gasteiger partial charge is 0.309 e. The van der Waals surface area contributed by atoms with Crippen LogP contribution in [0.15, 0.2) is 182 Å². The predicted molar refractivity (Wildman–Crippen MR) is 217 cm³/mol. The van der Waals surface area contributed by atoms with Crippen molar-refractivity contribution in [2.24, 2.45) is 0 Å². The SMILES string of the molecule is [2H]c1c([2H])c2c3c4c(c([2H])c([2H])c([2H])c4n(-c4ccc5c6ccccc6n(-c6ccccc6)c5c4)c3c1[2H])n2-c1ccc2c3ccccc3n(-c3ccccc3)c2c1. The summed E-state index contributed by atoms with van der Waals surface area (Å²) in [4.78, 5) is 0. The van der Waals surface area contributed by atoms with E-state index in [1.54, 1.807) is 0 Å². The van der Waals surface area contributed by atoms with Crippen molar-refractivity contribution in [1.82, 2.24) is 18.3 Å². The maximum atomic E-state index is 9.43. The lowest BCUT2D eigenvalue weighted by Crippen LogP contribution is -1.99. The summed E-state index contributed by atoms with van der Waals surface area (Å²) in [6, 6.07) is 47.8. The molecule has 0 fully saturated rings. The monoisotopic (exact) mass is 668 g/mol. The molecule has 0 saturated heterocycles. The average molecular weight is 669 g/mol. The molecule has 0 bridgehead atoms. The maximum absolute atomic E-state index is 9.43. The van der Waals surface area contributed by atoms with Gasteiger partial charge in [0.05, 0.1) is 52.4 Å². The lowest BCUT2D eigenvalue weighted by molar-refractivity contribution is 1.14. The molecule has 0 atom stereocenters. The first-order valence-electron chi connectivity index (χ1n) is 20.4. The summed E-state index contributed by atoms with van der Waals surface area (Å²) in [6.07, 6.45) is 0. The molecule has 0 saturated carbocycles. The van der Waals surface area contributed by atoms with Gasteiger partial charge in [0.25, 0.3) is 0 Å². The number of fused-ring (bicyclic) bond motifs is 6. The van der Waals surface area contributed by atoms with Crippen LogP contribution in [0.5, 0.6) is 0 Å². The van der Waals surface area contributed by atoms with E-state index in [1.165, 1.54) is 0 Å². The third kappa shape index (κ3) is 3.60. The lowest BCUT2D eigenvalue weighted by Gasteiger charge is -2.14. The Kier molecular flexibility index (Phi) is 4.46. The molecule has 0 aliphatic rings. The third-order valence-electron chi connectivity index (χ3n) is 10.7. The zero-order valence-electron chi connectivity index (χ0n) is 33.6. The Morgan fingerprint density at radius 3 is 1.06 bits per heavy atom. The molecular formula is C48H30N4. The minimum Gasteiger partial charge on any atom is -0.309 e. The van der Waals surface area contributed by atoms with E-state index in [-0.39, 0.29) is 36.3 Å². The van der Waals surface area contributed by atoms with Gasteiger partial charge in [0.15, 0.2) is 0 Å². The van der Waals surface area contributed by atoms with Crippen LogP contribution in [-0.2, 0) is 0 Å². The highest BCUT2D eigenvalue weighted by Crippen LogP contribution is 2.44. The molecule has 4 nitrogen and oxygen atoms in total. The van der Waals surface area contributed by atoms with E-state index in [4.69, 9.17) is 0 Å². The van der Waals surface area contributed by atoms with Gasteiger partial charge in [0.1, 0.15) is 0 Å². The average Bonchev–Trinajstić information content (AvgIpc) is 3.99. The van der Waals surface area contributed by atoms with Crippen molar-refractivity contribution >= 4 is 76.5 Å². The number of hydrogen-bond donors (Lipinski definition) is 0. The molecule has 0 radical (unpaired) electrons. The molecule has 0 unspecified atom stereocenters. The molecule has 0 N–H and O–H groups in total. The molecular weight excluding hydrogens is 633 g/mol. The topological polar surface area (TPSA) is 19.7 Å². The molecule has 0 amide bonds. The maximum Gasteiger partial charge on any atom is 0.0645 e. The highest BCUT2D eigenvalue weighted by Gasteiger charge is 2.24. The third-order valence-corrected chi connectivity index (χ3v) is 10.7. The molecule has 4 aromatic heterocycles.